The van der Waals surface area contributed by atoms with Crippen LogP contribution in [0.15, 0.2) is 24.3 Å². The SMILES string of the molecule is CCC(=O)[C@H](C)Oc1ccc(O)cc1. The number of benzene rings is 1. The predicted molar refractivity (Wildman–Crippen MR) is 53.5 cm³/mol. The van der Waals surface area contributed by atoms with Crippen molar-refractivity contribution in [3.05, 3.63) is 24.3 Å². The second-order valence-corrected chi connectivity index (χ2v) is 3.07. The van der Waals surface area contributed by atoms with E-state index in [0.29, 0.717) is 12.2 Å². The van der Waals surface area contributed by atoms with Crippen molar-refractivity contribution in [2.24, 2.45) is 0 Å². The van der Waals surface area contributed by atoms with E-state index in [1.54, 1.807) is 26.0 Å². The zero-order chi connectivity index (χ0) is 10.6. The number of aromatic hydroxyl groups is 1. The van der Waals surface area contributed by atoms with Crippen LogP contribution in [-0.4, -0.2) is 17.0 Å². The first-order valence-electron chi connectivity index (χ1n) is 4.62. The summed E-state index contributed by atoms with van der Waals surface area (Å²) in [4.78, 5) is 11.2. The van der Waals surface area contributed by atoms with Crippen molar-refractivity contribution in [2.75, 3.05) is 0 Å². The third-order valence-electron chi connectivity index (χ3n) is 1.95. The quantitative estimate of drug-likeness (QED) is 0.798. The standard InChI is InChI=1S/C11H14O3/c1-3-11(13)8(2)14-10-6-4-9(12)5-7-10/h4-8,12H,3H2,1-2H3/t8-/m0/s1. The minimum Gasteiger partial charge on any atom is -0.508 e. The van der Waals surface area contributed by atoms with Crippen molar-refractivity contribution in [3.8, 4) is 11.5 Å². The van der Waals surface area contributed by atoms with E-state index < -0.39 is 6.10 Å². The first-order chi connectivity index (χ1) is 6.63. The van der Waals surface area contributed by atoms with Crippen LogP contribution in [0.3, 0.4) is 0 Å². The third kappa shape index (κ3) is 2.76. The Hall–Kier alpha value is -1.51. The highest BCUT2D eigenvalue weighted by atomic mass is 16.5. The molecule has 0 aromatic heterocycles. The number of Topliss-reactive ketones (excluding diaryl/α,β-unsaturated/α-hetero) is 1. The lowest BCUT2D eigenvalue weighted by atomic mass is 10.2. The van der Waals surface area contributed by atoms with Crippen molar-refractivity contribution in [2.45, 2.75) is 26.4 Å². The molecule has 1 N–H and O–H groups in total. The molecule has 3 nitrogen and oxygen atoms in total. The van der Waals surface area contributed by atoms with Gasteiger partial charge in [0.1, 0.15) is 11.5 Å². The zero-order valence-corrected chi connectivity index (χ0v) is 8.36. The molecule has 0 heterocycles. The van der Waals surface area contributed by atoms with E-state index in [-0.39, 0.29) is 11.5 Å². The summed E-state index contributed by atoms with van der Waals surface area (Å²) in [6.45, 7) is 3.53. The molecule has 0 unspecified atom stereocenters. The average Bonchev–Trinajstić information content (AvgIpc) is 2.20. The Bertz CT molecular complexity index is 303. The predicted octanol–water partition coefficient (Wildman–Crippen LogP) is 2.14. The lowest BCUT2D eigenvalue weighted by molar-refractivity contribution is -0.124. The largest absolute Gasteiger partial charge is 0.508 e. The number of hydrogen-bond acceptors (Lipinski definition) is 3. The van der Waals surface area contributed by atoms with E-state index >= 15 is 0 Å². The van der Waals surface area contributed by atoms with Gasteiger partial charge in [-0.25, -0.2) is 0 Å². The Morgan fingerprint density at radius 1 is 1.43 bits per heavy atom. The average molecular weight is 194 g/mol. The van der Waals surface area contributed by atoms with Gasteiger partial charge in [0.05, 0.1) is 0 Å². The van der Waals surface area contributed by atoms with Gasteiger partial charge in [-0.05, 0) is 31.2 Å². The van der Waals surface area contributed by atoms with Crippen LogP contribution in [0, 0.1) is 0 Å². The first-order valence-corrected chi connectivity index (χ1v) is 4.62. The number of ketones is 1. The smallest absolute Gasteiger partial charge is 0.172 e. The van der Waals surface area contributed by atoms with Crippen LogP contribution in [0.25, 0.3) is 0 Å². The van der Waals surface area contributed by atoms with Crippen molar-refractivity contribution < 1.29 is 14.6 Å². The van der Waals surface area contributed by atoms with Crippen molar-refractivity contribution in [1.29, 1.82) is 0 Å². The normalized spacial score (nSPS) is 12.1. The summed E-state index contributed by atoms with van der Waals surface area (Å²) in [6.07, 6.45) is 0.0451. The molecule has 3 heteroatoms. The minimum atomic E-state index is -0.426. The van der Waals surface area contributed by atoms with E-state index in [2.05, 4.69) is 0 Å². The zero-order valence-electron chi connectivity index (χ0n) is 8.36. The van der Waals surface area contributed by atoms with Crippen LogP contribution in [-0.2, 0) is 4.79 Å². The number of carbonyl (C=O) groups excluding carboxylic acids is 1. The van der Waals surface area contributed by atoms with Crippen LogP contribution in [0.4, 0.5) is 0 Å². The van der Waals surface area contributed by atoms with Gasteiger partial charge in [-0.3, -0.25) is 4.79 Å². The summed E-state index contributed by atoms with van der Waals surface area (Å²) < 4.78 is 5.36. The number of phenolic OH excluding ortho intramolecular Hbond substituents is 1. The van der Waals surface area contributed by atoms with Crippen molar-refractivity contribution in [3.63, 3.8) is 0 Å². The minimum absolute atomic E-state index is 0.0677. The lowest BCUT2D eigenvalue weighted by Crippen LogP contribution is -2.22. The van der Waals surface area contributed by atoms with Crippen molar-refractivity contribution in [1.82, 2.24) is 0 Å². The number of ether oxygens (including phenoxy) is 1. The summed E-state index contributed by atoms with van der Waals surface area (Å²) in [5.41, 5.74) is 0. The fraction of sp³-hybridized carbons (Fsp3) is 0.364. The Morgan fingerprint density at radius 2 is 2.00 bits per heavy atom. The van der Waals surface area contributed by atoms with E-state index in [4.69, 9.17) is 9.84 Å². The summed E-state index contributed by atoms with van der Waals surface area (Å²) in [5, 5.41) is 9.02. The fourth-order valence-corrected chi connectivity index (χ4v) is 1.08. The first kappa shape index (κ1) is 10.6. The highest BCUT2D eigenvalue weighted by molar-refractivity contribution is 5.82. The summed E-state index contributed by atoms with van der Waals surface area (Å²) >= 11 is 0. The molecule has 0 aliphatic rings. The molecule has 0 amide bonds. The molecule has 0 saturated heterocycles. The number of phenols is 1. The lowest BCUT2D eigenvalue weighted by Gasteiger charge is -2.12. The van der Waals surface area contributed by atoms with Gasteiger partial charge in [-0.15, -0.1) is 0 Å². The monoisotopic (exact) mass is 194 g/mol. The molecule has 0 radical (unpaired) electrons. The van der Waals surface area contributed by atoms with Crippen LogP contribution in [0.5, 0.6) is 11.5 Å². The van der Waals surface area contributed by atoms with Gasteiger partial charge in [0.2, 0.25) is 0 Å². The van der Waals surface area contributed by atoms with Gasteiger partial charge in [0.15, 0.2) is 11.9 Å². The molecule has 0 saturated carbocycles. The maximum Gasteiger partial charge on any atom is 0.172 e. The number of hydrogen-bond donors (Lipinski definition) is 1. The maximum absolute atomic E-state index is 11.2. The maximum atomic E-state index is 11.2. The Labute approximate surface area is 83.3 Å². The molecule has 1 atom stereocenters. The molecule has 0 bridgehead atoms. The van der Waals surface area contributed by atoms with Gasteiger partial charge in [0.25, 0.3) is 0 Å². The topological polar surface area (TPSA) is 46.5 Å². The highest BCUT2D eigenvalue weighted by Crippen LogP contribution is 2.17. The molecule has 1 aromatic rings. The van der Waals surface area contributed by atoms with Crippen LogP contribution in [0.1, 0.15) is 20.3 Å². The van der Waals surface area contributed by atoms with E-state index in [0.717, 1.165) is 0 Å². The molecule has 14 heavy (non-hydrogen) atoms. The molecule has 0 aliphatic carbocycles. The molecule has 0 spiro atoms. The van der Waals surface area contributed by atoms with Gasteiger partial charge >= 0.3 is 0 Å². The molecule has 1 aromatic carbocycles. The summed E-state index contributed by atoms with van der Waals surface area (Å²) in [7, 11) is 0. The molecule has 0 aliphatic heterocycles. The second-order valence-electron chi connectivity index (χ2n) is 3.07. The molecule has 1 rings (SSSR count). The molecule has 0 fully saturated rings. The van der Waals surface area contributed by atoms with Gasteiger partial charge in [-0.2, -0.15) is 0 Å². The van der Waals surface area contributed by atoms with Crippen LogP contribution >= 0.6 is 0 Å². The van der Waals surface area contributed by atoms with Crippen LogP contribution < -0.4 is 4.74 Å². The van der Waals surface area contributed by atoms with Crippen LogP contribution in [0.2, 0.25) is 0 Å². The Morgan fingerprint density at radius 3 is 2.50 bits per heavy atom. The Balaban J connectivity index is 2.60. The number of rotatable bonds is 4. The van der Waals surface area contributed by atoms with E-state index in [9.17, 15) is 4.79 Å². The van der Waals surface area contributed by atoms with Gasteiger partial charge in [0, 0.05) is 6.42 Å². The summed E-state index contributed by atoms with van der Waals surface area (Å²) in [6, 6.07) is 6.32. The van der Waals surface area contributed by atoms with Crippen molar-refractivity contribution >= 4 is 5.78 Å². The molecule has 76 valence electrons. The molecular weight excluding hydrogens is 180 g/mol. The fourth-order valence-electron chi connectivity index (χ4n) is 1.08. The Kier molecular flexibility index (Phi) is 3.51. The van der Waals surface area contributed by atoms with E-state index in [1.807, 2.05) is 0 Å². The van der Waals surface area contributed by atoms with Gasteiger partial charge in [-0.1, -0.05) is 6.92 Å². The summed E-state index contributed by atoms with van der Waals surface area (Å²) in [5.74, 6) is 0.849. The van der Waals surface area contributed by atoms with Gasteiger partial charge < -0.3 is 9.84 Å². The molecular formula is C11H14O3. The highest BCUT2D eigenvalue weighted by Gasteiger charge is 2.11. The number of carbonyl (C=O) groups is 1. The van der Waals surface area contributed by atoms with E-state index in [1.165, 1.54) is 12.1 Å². The third-order valence-corrected chi connectivity index (χ3v) is 1.95. The second kappa shape index (κ2) is 4.65.